The number of carbonyl (C=O) groups excluding carboxylic acids is 1. The van der Waals surface area contributed by atoms with Crippen molar-refractivity contribution in [2.45, 2.75) is 39.7 Å². The van der Waals surface area contributed by atoms with Crippen molar-refractivity contribution in [3.05, 3.63) is 0 Å². The van der Waals surface area contributed by atoms with Gasteiger partial charge >= 0.3 is 5.97 Å². The van der Waals surface area contributed by atoms with Crippen LogP contribution in [0.3, 0.4) is 0 Å². The van der Waals surface area contributed by atoms with E-state index in [2.05, 4.69) is 5.32 Å². The lowest BCUT2D eigenvalue weighted by molar-refractivity contribution is -0.138. The first-order chi connectivity index (χ1) is 7.38. The second-order valence-electron chi connectivity index (χ2n) is 4.39. The van der Waals surface area contributed by atoms with Crippen molar-refractivity contribution in [1.82, 2.24) is 5.32 Å². The number of carboxylic acids is 1. The van der Waals surface area contributed by atoms with Crippen LogP contribution in [-0.4, -0.2) is 29.6 Å². The number of hydrogen-bond donors (Lipinski definition) is 3. The van der Waals surface area contributed by atoms with Crippen LogP contribution in [-0.2, 0) is 9.59 Å². The van der Waals surface area contributed by atoms with Crippen molar-refractivity contribution >= 4 is 11.9 Å². The van der Waals surface area contributed by atoms with Crippen molar-refractivity contribution in [1.29, 1.82) is 0 Å². The van der Waals surface area contributed by atoms with Crippen LogP contribution in [0.4, 0.5) is 0 Å². The van der Waals surface area contributed by atoms with E-state index < -0.39 is 12.0 Å². The maximum Gasteiger partial charge on any atom is 0.303 e. The summed E-state index contributed by atoms with van der Waals surface area (Å²) in [5.74, 6) is -0.992. The van der Waals surface area contributed by atoms with Gasteiger partial charge in [-0.05, 0) is 11.8 Å². The third kappa shape index (κ3) is 5.70. The molecule has 0 aromatic heterocycles. The van der Waals surface area contributed by atoms with E-state index in [1.807, 2.05) is 20.8 Å². The van der Waals surface area contributed by atoms with Crippen LogP contribution in [0.1, 0.15) is 33.6 Å². The second-order valence-corrected chi connectivity index (χ2v) is 4.39. The molecule has 0 aromatic carbocycles. The monoisotopic (exact) mass is 230 g/mol. The largest absolute Gasteiger partial charge is 0.481 e. The first-order valence-electron chi connectivity index (χ1n) is 5.63. The highest BCUT2D eigenvalue weighted by molar-refractivity contribution is 5.81. The normalized spacial score (nSPS) is 14.6. The molecule has 0 rings (SSSR count). The van der Waals surface area contributed by atoms with Gasteiger partial charge in [-0.1, -0.05) is 27.2 Å². The molecule has 4 N–H and O–H groups in total. The van der Waals surface area contributed by atoms with Crippen molar-refractivity contribution in [3.8, 4) is 0 Å². The van der Waals surface area contributed by atoms with Gasteiger partial charge in [0.1, 0.15) is 0 Å². The quantitative estimate of drug-likeness (QED) is 0.596. The van der Waals surface area contributed by atoms with Gasteiger partial charge in [0.15, 0.2) is 0 Å². The summed E-state index contributed by atoms with van der Waals surface area (Å²) >= 11 is 0. The molecule has 5 heteroatoms. The molecule has 0 aliphatic heterocycles. The predicted octanol–water partition coefficient (Wildman–Crippen LogP) is 0.587. The maximum atomic E-state index is 11.5. The molecule has 0 spiro atoms. The molecule has 0 bridgehead atoms. The standard InChI is InChI=1S/C11H22N2O3/c1-4-8(5-9(14)15)6-13-11(16)10(12)7(2)3/h7-8,10H,4-6,12H2,1-3H3,(H,13,16)(H,14,15)/t8?,10-/m0/s1. The Hall–Kier alpha value is -1.10. The second kappa shape index (κ2) is 7.22. The van der Waals surface area contributed by atoms with Gasteiger partial charge in [-0.15, -0.1) is 0 Å². The SMILES string of the molecule is CCC(CNC(=O)[C@@H](N)C(C)C)CC(=O)O. The predicted molar refractivity (Wildman–Crippen MR) is 61.9 cm³/mol. The Morgan fingerprint density at radius 3 is 2.31 bits per heavy atom. The Bertz CT molecular complexity index is 241. The smallest absolute Gasteiger partial charge is 0.303 e. The number of aliphatic carboxylic acids is 1. The molecule has 1 amide bonds. The maximum absolute atomic E-state index is 11.5. The van der Waals surface area contributed by atoms with Crippen molar-refractivity contribution in [3.63, 3.8) is 0 Å². The third-order valence-electron chi connectivity index (χ3n) is 2.63. The summed E-state index contributed by atoms with van der Waals surface area (Å²) < 4.78 is 0. The first kappa shape index (κ1) is 14.9. The highest BCUT2D eigenvalue weighted by atomic mass is 16.4. The summed E-state index contributed by atoms with van der Waals surface area (Å²) in [5, 5.41) is 11.3. The van der Waals surface area contributed by atoms with Crippen molar-refractivity contribution in [2.24, 2.45) is 17.6 Å². The van der Waals surface area contributed by atoms with Crippen LogP contribution in [0.5, 0.6) is 0 Å². The fourth-order valence-electron chi connectivity index (χ4n) is 1.27. The number of carbonyl (C=O) groups is 2. The number of nitrogens with two attached hydrogens (primary N) is 1. The fourth-order valence-corrected chi connectivity index (χ4v) is 1.27. The van der Waals surface area contributed by atoms with Gasteiger partial charge in [-0.2, -0.15) is 0 Å². The molecule has 2 atom stereocenters. The van der Waals surface area contributed by atoms with E-state index >= 15 is 0 Å². The van der Waals surface area contributed by atoms with E-state index in [1.54, 1.807) is 0 Å². The minimum absolute atomic E-state index is 0.0270. The topological polar surface area (TPSA) is 92.4 Å². The Morgan fingerprint density at radius 2 is 1.94 bits per heavy atom. The zero-order valence-corrected chi connectivity index (χ0v) is 10.2. The molecule has 94 valence electrons. The Balaban J connectivity index is 4.01. The average molecular weight is 230 g/mol. The molecule has 0 aliphatic carbocycles. The molecule has 0 saturated heterocycles. The van der Waals surface area contributed by atoms with Crippen LogP contribution in [0.15, 0.2) is 0 Å². The molecule has 0 aliphatic rings. The van der Waals surface area contributed by atoms with E-state index in [-0.39, 0.29) is 24.2 Å². The summed E-state index contributed by atoms with van der Waals surface area (Å²) in [4.78, 5) is 22.0. The van der Waals surface area contributed by atoms with Gasteiger partial charge < -0.3 is 16.2 Å². The minimum Gasteiger partial charge on any atom is -0.481 e. The molecule has 1 unspecified atom stereocenters. The lowest BCUT2D eigenvalue weighted by Gasteiger charge is -2.18. The summed E-state index contributed by atoms with van der Waals surface area (Å²) in [6.07, 6.45) is 0.803. The molecule has 0 fully saturated rings. The zero-order chi connectivity index (χ0) is 12.7. The lowest BCUT2D eigenvalue weighted by atomic mass is 10.0. The molecule has 16 heavy (non-hydrogen) atoms. The number of amides is 1. The van der Waals surface area contributed by atoms with E-state index in [0.717, 1.165) is 6.42 Å². The fraction of sp³-hybridized carbons (Fsp3) is 0.818. The van der Waals surface area contributed by atoms with E-state index in [1.165, 1.54) is 0 Å². The summed E-state index contributed by atoms with van der Waals surface area (Å²) in [5.41, 5.74) is 5.66. The molecular weight excluding hydrogens is 208 g/mol. The molecule has 0 radical (unpaired) electrons. The van der Waals surface area contributed by atoms with Gasteiger partial charge in [0, 0.05) is 13.0 Å². The number of rotatable bonds is 7. The summed E-state index contributed by atoms with van der Waals surface area (Å²) in [6.45, 7) is 6.03. The first-order valence-corrected chi connectivity index (χ1v) is 5.63. The van der Waals surface area contributed by atoms with E-state index in [0.29, 0.717) is 6.54 Å². The Labute approximate surface area is 96.4 Å². The van der Waals surface area contributed by atoms with E-state index in [4.69, 9.17) is 10.8 Å². The summed E-state index contributed by atoms with van der Waals surface area (Å²) in [6, 6.07) is -0.526. The highest BCUT2D eigenvalue weighted by Gasteiger charge is 2.18. The minimum atomic E-state index is -0.839. The van der Waals surface area contributed by atoms with Crippen LogP contribution in [0.25, 0.3) is 0 Å². The lowest BCUT2D eigenvalue weighted by Crippen LogP contribution is -2.45. The zero-order valence-electron chi connectivity index (χ0n) is 10.2. The molecule has 5 nitrogen and oxygen atoms in total. The average Bonchev–Trinajstić information content (AvgIpc) is 2.21. The number of nitrogens with one attached hydrogen (secondary N) is 1. The third-order valence-corrected chi connectivity index (χ3v) is 2.63. The number of hydrogen-bond acceptors (Lipinski definition) is 3. The van der Waals surface area contributed by atoms with Gasteiger partial charge in [-0.3, -0.25) is 9.59 Å². The Kier molecular flexibility index (Phi) is 6.72. The molecule has 0 heterocycles. The van der Waals surface area contributed by atoms with Crippen molar-refractivity contribution in [2.75, 3.05) is 6.54 Å². The number of carboxylic acid groups (broad SMARTS) is 1. The van der Waals surface area contributed by atoms with Gasteiger partial charge in [0.25, 0.3) is 0 Å². The van der Waals surface area contributed by atoms with E-state index in [9.17, 15) is 9.59 Å². The summed E-state index contributed by atoms with van der Waals surface area (Å²) in [7, 11) is 0. The van der Waals surface area contributed by atoms with Gasteiger partial charge in [0.2, 0.25) is 5.91 Å². The van der Waals surface area contributed by atoms with Crippen LogP contribution in [0, 0.1) is 11.8 Å². The van der Waals surface area contributed by atoms with Crippen molar-refractivity contribution < 1.29 is 14.7 Å². The van der Waals surface area contributed by atoms with Crippen LogP contribution >= 0.6 is 0 Å². The highest BCUT2D eigenvalue weighted by Crippen LogP contribution is 2.07. The van der Waals surface area contributed by atoms with Crippen LogP contribution in [0.2, 0.25) is 0 Å². The molecule has 0 aromatic rings. The van der Waals surface area contributed by atoms with Crippen LogP contribution < -0.4 is 11.1 Å². The Morgan fingerprint density at radius 1 is 1.38 bits per heavy atom. The van der Waals surface area contributed by atoms with Gasteiger partial charge in [-0.25, -0.2) is 0 Å². The molecule has 0 saturated carbocycles. The van der Waals surface area contributed by atoms with Gasteiger partial charge in [0.05, 0.1) is 6.04 Å². The molecular formula is C11H22N2O3.